The predicted molar refractivity (Wildman–Crippen MR) is 168 cm³/mol. The molecule has 43 heavy (non-hydrogen) atoms. The van der Waals surface area contributed by atoms with Gasteiger partial charge in [-0.3, -0.25) is 19.3 Å². The molecule has 2 heterocycles. The third-order valence-corrected chi connectivity index (χ3v) is 8.46. The summed E-state index contributed by atoms with van der Waals surface area (Å²) in [5, 5.41) is 3.52. The molecule has 0 saturated carbocycles. The molecule has 1 atom stereocenters. The largest absolute Gasteiger partial charge is 0.466 e. The quantitative estimate of drug-likeness (QED) is 0.329. The van der Waals surface area contributed by atoms with Gasteiger partial charge in [-0.05, 0) is 54.7 Å². The number of hydrogen-bond acceptors (Lipinski definition) is 6. The van der Waals surface area contributed by atoms with Crippen LogP contribution >= 0.6 is 11.6 Å². The number of esters is 1. The van der Waals surface area contributed by atoms with E-state index < -0.39 is 12.0 Å². The highest BCUT2D eigenvalue weighted by Crippen LogP contribution is 2.26. The van der Waals surface area contributed by atoms with Crippen LogP contribution in [0.5, 0.6) is 0 Å². The van der Waals surface area contributed by atoms with Gasteiger partial charge in [0.1, 0.15) is 0 Å². The van der Waals surface area contributed by atoms with Crippen LogP contribution in [-0.4, -0.2) is 79.5 Å². The van der Waals surface area contributed by atoms with Crippen LogP contribution in [0.25, 0.3) is 0 Å². The molecular weight excluding hydrogens is 564 g/mol. The molecule has 3 aromatic carbocycles. The van der Waals surface area contributed by atoms with Gasteiger partial charge in [-0.15, -0.1) is 0 Å². The number of rotatable bonds is 11. The minimum Gasteiger partial charge on any atom is -0.466 e. The number of hydrogen-bond donors (Lipinski definition) is 1. The lowest BCUT2D eigenvalue weighted by Gasteiger charge is -2.37. The molecule has 226 valence electrons. The minimum absolute atomic E-state index is 0.0174. The zero-order valence-electron chi connectivity index (χ0n) is 24.6. The molecule has 2 aliphatic rings. The first-order valence-electron chi connectivity index (χ1n) is 15.0. The van der Waals surface area contributed by atoms with Crippen molar-refractivity contribution in [1.29, 1.82) is 0 Å². The van der Waals surface area contributed by atoms with Crippen molar-refractivity contribution in [3.8, 4) is 0 Å². The highest BCUT2D eigenvalue weighted by molar-refractivity contribution is 6.31. The van der Waals surface area contributed by atoms with Gasteiger partial charge in [0.05, 0.1) is 19.6 Å². The van der Waals surface area contributed by atoms with Crippen molar-refractivity contribution in [1.82, 2.24) is 15.1 Å². The summed E-state index contributed by atoms with van der Waals surface area (Å²) in [7, 11) is 0. The summed E-state index contributed by atoms with van der Waals surface area (Å²) >= 11 is 6.35. The van der Waals surface area contributed by atoms with Crippen LogP contribution in [0.1, 0.15) is 40.4 Å². The summed E-state index contributed by atoms with van der Waals surface area (Å²) in [6.07, 6.45) is 1.08. The van der Waals surface area contributed by atoms with Gasteiger partial charge in [-0.2, -0.15) is 0 Å². The second kappa shape index (κ2) is 14.5. The topological polar surface area (TPSA) is 82.2 Å². The number of carbonyl (C=O) groups is 3. The van der Waals surface area contributed by atoms with Gasteiger partial charge in [-0.1, -0.05) is 66.2 Å². The maximum absolute atomic E-state index is 13.6. The fraction of sp³-hybridized carbons (Fsp3) is 0.382. The van der Waals surface area contributed by atoms with Gasteiger partial charge in [0.15, 0.2) is 0 Å². The lowest BCUT2D eigenvalue weighted by Crippen LogP contribution is -2.48. The Labute approximate surface area is 258 Å². The van der Waals surface area contributed by atoms with Crippen LogP contribution in [0.15, 0.2) is 72.8 Å². The monoisotopic (exact) mass is 602 g/mol. The Kier molecular flexibility index (Phi) is 10.3. The molecule has 1 unspecified atom stereocenters. The molecule has 3 aromatic rings. The van der Waals surface area contributed by atoms with E-state index in [1.165, 1.54) is 5.56 Å². The highest BCUT2D eigenvalue weighted by Gasteiger charge is 2.28. The van der Waals surface area contributed by atoms with Crippen molar-refractivity contribution in [2.75, 3.05) is 50.8 Å². The Morgan fingerprint density at radius 3 is 2.44 bits per heavy atom. The molecule has 5 rings (SSSR count). The third kappa shape index (κ3) is 8.15. The first-order chi connectivity index (χ1) is 20.9. The smallest absolute Gasteiger partial charge is 0.307 e. The van der Waals surface area contributed by atoms with Gasteiger partial charge in [-0.25, -0.2) is 0 Å². The molecule has 9 heteroatoms. The van der Waals surface area contributed by atoms with Crippen LogP contribution in [0.2, 0.25) is 5.02 Å². The van der Waals surface area contributed by atoms with E-state index in [1.54, 1.807) is 17.9 Å². The average Bonchev–Trinajstić information content (AvgIpc) is 3.00. The predicted octanol–water partition coefficient (Wildman–Crippen LogP) is 4.34. The zero-order valence-corrected chi connectivity index (χ0v) is 25.4. The Bertz CT molecular complexity index is 1420. The van der Waals surface area contributed by atoms with E-state index in [4.69, 9.17) is 16.3 Å². The lowest BCUT2D eigenvalue weighted by molar-refractivity contribution is -0.143. The summed E-state index contributed by atoms with van der Waals surface area (Å²) in [6, 6.07) is 23.5. The number of piperazine rings is 1. The molecular formula is C34H39ClN4O4. The Hall–Kier alpha value is -3.88. The standard InChI is InChI=1S/C34H39ClN4O4/c1-2-43-33(41)21-28(20-27-10-6-7-11-31(27)35)36-32(40)24-39-15-14-26-12-13-29(22-30(26)34(39)42)38-18-16-37(17-19-38)23-25-8-4-3-5-9-25/h3-13,22,28H,2,14-21,23-24H2,1H3,(H,36,40). The minimum atomic E-state index is -0.509. The Morgan fingerprint density at radius 2 is 1.70 bits per heavy atom. The molecule has 0 aliphatic carbocycles. The molecule has 2 aliphatic heterocycles. The van der Waals surface area contributed by atoms with E-state index in [0.29, 0.717) is 30.0 Å². The summed E-state index contributed by atoms with van der Waals surface area (Å²) in [4.78, 5) is 45.4. The van der Waals surface area contributed by atoms with E-state index in [0.717, 1.165) is 49.5 Å². The highest BCUT2D eigenvalue weighted by atomic mass is 35.5. The molecule has 8 nitrogen and oxygen atoms in total. The molecule has 2 amide bonds. The van der Waals surface area contributed by atoms with E-state index in [-0.39, 0.29) is 31.4 Å². The first-order valence-corrected chi connectivity index (χ1v) is 15.4. The van der Waals surface area contributed by atoms with Crippen molar-refractivity contribution in [2.45, 2.75) is 38.8 Å². The molecule has 0 aromatic heterocycles. The number of ether oxygens (including phenoxy) is 1. The number of nitrogens with zero attached hydrogens (tertiary/aromatic N) is 3. The average molecular weight is 603 g/mol. The summed E-state index contributed by atoms with van der Waals surface area (Å²) < 4.78 is 5.13. The van der Waals surface area contributed by atoms with Crippen LogP contribution in [0, 0.1) is 0 Å². The van der Waals surface area contributed by atoms with Gasteiger partial charge in [0.25, 0.3) is 5.91 Å². The number of benzene rings is 3. The molecule has 0 spiro atoms. The van der Waals surface area contributed by atoms with Crippen LogP contribution < -0.4 is 10.2 Å². The second-order valence-electron chi connectivity index (χ2n) is 11.1. The van der Waals surface area contributed by atoms with Crippen molar-refractivity contribution < 1.29 is 19.1 Å². The number of amides is 2. The normalized spacial score (nSPS) is 16.0. The second-order valence-corrected chi connectivity index (χ2v) is 11.5. The summed E-state index contributed by atoms with van der Waals surface area (Å²) in [5.74, 6) is -0.853. The Morgan fingerprint density at radius 1 is 0.953 bits per heavy atom. The van der Waals surface area contributed by atoms with Crippen molar-refractivity contribution in [3.63, 3.8) is 0 Å². The maximum atomic E-state index is 13.6. The van der Waals surface area contributed by atoms with Crippen molar-refractivity contribution >= 4 is 35.1 Å². The van der Waals surface area contributed by atoms with Gasteiger partial charge >= 0.3 is 5.97 Å². The number of nitrogens with one attached hydrogen (secondary N) is 1. The van der Waals surface area contributed by atoms with Gasteiger partial charge < -0.3 is 19.9 Å². The van der Waals surface area contributed by atoms with Crippen LogP contribution in [0.3, 0.4) is 0 Å². The summed E-state index contributed by atoms with van der Waals surface area (Å²) in [6.45, 7) is 7.01. The summed E-state index contributed by atoms with van der Waals surface area (Å²) in [5.41, 5.74) is 4.84. The number of halogens is 1. The number of carbonyl (C=O) groups excluding carboxylic acids is 3. The van der Waals surface area contributed by atoms with E-state index in [2.05, 4.69) is 51.5 Å². The van der Waals surface area contributed by atoms with E-state index in [9.17, 15) is 14.4 Å². The van der Waals surface area contributed by atoms with E-state index >= 15 is 0 Å². The SMILES string of the molecule is CCOC(=O)CC(Cc1ccccc1Cl)NC(=O)CN1CCc2ccc(N3CCN(Cc4ccccc4)CC3)cc2C1=O. The van der Waals surface area contributed by atoms with Crippen LogP contribution in [0.4, 0.5) is 5.69 Å². The Balaban J connectivity index is 1.19. The lowest BCUT2D eigenvalue weighted by atomic mass is 9.97. The first kappa shape index (κ1) is 30.6. The molecule has 0 bridgehead atoms. The molecule has 1 N–H and O–H groups in total. The van der Waals surface area contributed by atoms with Crippen LogP contribution in [-0.2, 0) is 33.7 Å². The molecule has 0 radical (unpaired) electrons. The van der Waals surface area contributed by atoms with Gasteiger partial charge in [0, 0.05) is 61.6 Å². The molecule has 1 fully saturated rings. The molecule has 1 saturated heterocycles. The van der Waals surface area contributed by atoms with Crippen molar-refractivity contribution in [2.24, 2.45) is 0 Å². The van der Waals surface area contributed by atoms with E-state index in [1.807, 2.05) is 30.3 Å². The number of anilines is 1. The van der Waals surface area contributed by atoms with Gasteiger partial charge in [0.2, 0.25) is 5.91 Å². The third-order valence-electron chi connectivity index (χ3n) is 8.09. The number of fused-ring (bicyclic) bond motifs is 1. The fourth-order valence-corrected chi connectivity index (χ4v) is 6.05. The fourth-order valence-electron chi connectivity index (χ4n) is 5.83. The zero-order chi connectivity index (χ0) is 30.2. The maximum Gasteiger partial charge on any atom is 0.307 e. The van der Waals surface area contributed by atoms with Crippen molar-refractivity contribution in [3.05, 3.63) is 100 Å².